The van der Waals surface area contributed by atoms with Gasteiger partial charge in [0, 0.05) is 13.0 Å². The molecule has 2 atom stereocenters. The third-order valence-corrected chi connectivity index (χ3v) is 3.29. The Morgan fingerprint density at radius 3 is 2.79 bits per heavy atom. The number of rotatable bonds is 2. The number of carbonyl (C=O) groups is 1. The van der Waals surface area contributed by atoms with Crippen molar-refractivity contribution < 1.29 is 9.53 Å². The Bertz CT molecular complexity index is 301. The highest BCUT2D eigenvalue weighted by molar-refractivity contribution is 5.82. The van der Waals surface area contributed by atoms with Crippen LogP contribution in [0.2, 0.25) is 0 Å². The van der Waals surface area contributed by atoms with E-state index in [2.05, 4.69) is 13.5 Å². The zero-order valence-corrected chi connectivity index (χ0v) is 8.29. The molecule has 14 heavy (non-hydrogen) atoms. The van der Waals surface area contributed by atoms with E-state index in [4.69, 9.17) is 4.74 Å². The monoisotopic (exact) mass is 191 g/mol. The van der Waals surface area contributed by atoms with Crippen molar-refractivity contribution in [2.24, 2.45) is 11.8 Å². The fraction of sp³-hybridized carbons (Fsp3) is 0.500. The maximum absolute atomic E-state index is 11.0. The molecule has 2 unspecified atom stereocenters. The van der Waals surface area contributed by atoms with Crippen molar-refractivity contribution in [1.82, 2.24) is 0 Å². The Morgan fingerprint density at radius 2 is 2.29 bits per heavy atom. The quantitative estimate of drug-likeness (QED) is 0.381. The molecule has 2 rings (SSSR count). The lowest BCUT2D eigenvalue weighted by atomic mass is 9.94. The highest BCUT2D eigenvalue weighted by Crippen LogP contribution is 2.49. The standard InChI is InChI=1S/C12H15O2/c1-3-12(13)14-8(2)11-7-9-4-5-10(11)6-9/h3,9-10H,1-2,4-7H2. The van der Waals surface area contributed by atoms with E-state index < -0.39 is 5.97 Å². The number of carbonyl (C=O) groups excluding carboxylic acids is 1. The normalized spacial score (nSPS) is 32.9. The molecule has 2 aliphatic rings. The molecule has 1 radical (unpaired) electrons. The maximum Gasteiger partial charge on any atom is 0.335 e. The van der Waals surface area contributed by atoms with Crippen molar-refractivity contribution in [2.75, 3.05) is 0 Å². The van der Waals surface area contributed by atoms with Crippen LogP contribution < -0.4 is 0 Å². The number of fused-ring (bicyclic) bond motifs is 2. The van der Waals surface area contributed by atoms with Gasteiger partial charge in [-0.05, 0) is 43.1 Å². The van der Waals surface area contributed by atoms with E-state index in [9.17, 15) is 4.79 Å². The van der Waals surface area contributed by atoms with E-state index in [-0.39, 0.29) is 0 Å². The lowest BCUT2D eigenvalue weighted by Crippen LogP contribution is -2.06. The van der Waals surface area contributed by atoms with Gasteiger partial charge in [0.1, 0.15) is 5.76 Å². The first-order valence-corrected chi connectivity index (χ1v) is 5.10. The minimum absolute atomic E-state index is 0.398. The Morgan fingerprint density at radius 1 is 1.50 bits per heavy atom. The van der Waals surface area contributed by atoms with Crippen molar-refractivity contribution in [3.63, 3.8) is 0 Å². The summed E-state index contributed by atoms with van der Waals surface area (Å²) in [6.45, 7) is 7.18. The van der Waals surface area contributed by atoms with E-state index in [1.165, 1.54) is 30.9 Å². The van der Waals surface area contributed by atoms with E-state index in [1.54, 1.807) is 0 Å². The molecule has 0 N–H and O–H groups in total. The van der Waals surface area contributed by atoms with Crippen molar-refractivity contribution in [2.45, 2.75) is 25.7 Å². The summed E-state index contributed by atoms with van der Waals surface area (Å²) < 4.78 is 5.05. The van der Waals surface area contributed by atoms with Crippen molar-refractivity contribution in [3.8, 4) is 0 Å². The van der Waals surface area contributed by atoms with E-state index in [0.717, 1.165) is 12.3 Å². The summed E-state index contributed by atoms with van der Waals surface area (Å²) in [5.74, 6) is 1.62. The fourth-order valence-corrected chi connectivity index (χ4v) is 2.62. The maximum atomic E-state index is 11.0. The predicted octanol–water partition coefficient (Wildman–Crippen LogP) is 2.62. The zero-order chi connectivity index (χ0) is 10.1. The topological polar surface area (TPSA) is 26.3 Å². The zero-order valence-electron chi connectivity index (χ0n) is 8.29. The van der Waals surface area contributed by atoms with Gasteiger partial charge in [0.15, 0.2) is 0 Å². The lowest BCUT2D eigenvalue weighted by molar-refractivity contribution is -0.133. The van der Waals surface area contributed by atoms with Gasteiger partial charge in [0.25, 0.3) is 0 Å². The third kappa shape index (κ3) is 1.61. The summed E-state index contributed by atoms with van der Waals surface area (Å²) in [4.78, 5) is 11.0. The van der Waals surface area contributed by atoms with Gasteiger partial charge < -0.3 is 4.74 Å². The van der Waals surface area contributed by atoms with Crippen LogP contribution in [0.25, 0.3) is 0 Å². The number of esters is 1. The van der Waals surface area contributed by atoms with Crippen LogP contribution in [0.4, 0.5) is 0 Å². The van der Waals surface area contributed by atoms with Crippen molar-refractivity contribution in [1.29, 1.82) is 0 Å². The average Bonchev–Trinajstić information content (AvgIpc) is 2.78. The van der Waals surface area contributed by atoms with Crippen LogP contribution in [0.3, 0.4) is 0 Å². The molecule has 0 aromatic heterocycles. The second kappa shape index (κ2) is 3.60. The van der Waals surface area contributed by atoms with Gasteiger partial charge in [-0.3, -0.25) is 0 Å². The highest BCUT2D eigenvalue weighted by Gasteiger charge is 2.37. The Hall–Kier alpha value is -1.05. The van der Waals surface area contributed by atoms with Crippen LogP contribution in [0.5, 0.6) is 0 Å². The lowest BCUT2D eigenvalue weighted by Gasteiger charge is -2.15. The molecule has 2 fully saturated rings. The van der Waals surface area contributed by atoms with Gasteiger partial charge in [-0.25, -0.2) is 4.79 Å². The van der Waals surface area contributed by atoms with Crippen LogP contribution >= 0.6 is 0 Å². The molecule has 2 saturated carbocycles. The highest BCUT2D eigenvalue weighted by atomic mass is 16.5. The molecule has 75 valence electrons. The summed E-state index contributed by atoms with van der Waals surface area (Å²) in [5.41, 5.74) is 1.26. The van der Waals surface area contributed by atoms with Gasteiger partial charge >= 0.3 is 5.97 Å². The molecule has 0 amide bonds. The second-order valence-electron chi connectivity index (χ2n) is 4.15. The Balaban J connectivity index is 2.08. The number of hydrogen-bond acceptors (Lipinski definition) is 2. The summed E-state index contributed by atoms with van der Waals surface area (Å²) in [6, 6.07) is 0. The largest absolute Gasteiger partial charge is 0.428 e. The second-order valence-corrected chi connectivity index (χ2v) is 4.15. The van der Waals surface area contributed by atoms with Gasteiger partial charge in [-0.15, -0.1) is 0 Å². The first-order valence-electron chi connectivity index (χ1n) is 5.10. The molecule has 2 bridgehead atoms. The number of ether oxygens (including phenoxy) is 1. The molecule has 0 spiro atoms. The Kier molecular flexibility index (Phi) is 2.44. The summed E-state index contributed by atoms with van der Waals surface area (Å²) in [6.07, 6.45) is 6.09. The van der Waals surface area contributed by atoms with Gasteiger partial charge in [0.2, 0.25) is 0 Å². The molecule has 2 heteroatoms. The van der Waals surface area contributed by atoms with Gasteiger partial charge in [0.05, 0.1) is 0 Å². The predicted molar refractivity (Wildman–Crippen MR) is 54.1 cm³/mol. The van der Waals surface area contributed by atoms with E-state index in [1.807, 2.05) is 0 Å². The first kappa shape index (κ1) is 9.50. The molecule has 0 saturated heterocycles. The van der Waals surface area contributed by atoms with Gasteiger partial charge in [-0.1, -0.05) is 6.58 Å². The van der Waals surface area contributed by atoms with E-state index >= 15 is 0 Å². The Labute approximate surface area is 84.6 Å². The van der Waals surface area contributed by atoms with Crippen LogP contribution in [-0.2, 0) is 9.53 Å². The van der Waals surface area contributed by atoms with Crippen LogP contribution in [-0.4, -0.2) is 5.97 Å². The van der Waals surface area contributed by atoms with Gasteiger partial charge in [-0.2, -0.15) is 0 Å². The van der Waals surface area contributed by atoms with Crippen LogP contribution in [0.15, 0.2) is 24.0 Å². The molecule has 2 nitrogen and oxygen atoms in total. The molecule has 0 aliphatic heterocycles. The van der Waals surface area contributed by atoms with Crippen molar-refractivity contribution in [3.05, 3.63) is 30.9 Å². The summed E-state index contributed by atoms with van der Waals surface area (Å²) >= 11 is 0. The van der Waals surface area contributed by atoms with Crippen LogP contribution in [0, 0.1) is 18.8 Å². The van der Waals surface area contributed by atoms with E-state index in [0.29, 0.717) is 11.7 Å². The first-order chi connectivity index (χ1) is 6.70. The molecular weight excluding hydrogens is 176 g/mol. The summed E-state index contributed by atoms with van der Waals surface area (Å²) in [5, 5.41) is 0. The minimum atomic E-state index is -0.398. The molecule has 2 aliphatic carbocycles. The molecule has 0 aromatic carbocycles. The third-order valence-electron chi connectivity index (χ3n) is 3.29. The van der Waals surface area contributed by atoms with Crippen molar-refractivity contribution >= 4 is 5.97 Å². The number of hydrogen-bond donors (Lipinski definition) is 0. The molecule has 0 aromatic rings. The number of allylic oxidation sites excluding steroid dienone is 2. The molecule has 0 heterocycles. The smallest absolute Gasteiger partial charge is 0.335 e. The minimum Gasteiger partial charge on any atom is -0.428 e. The SMILES string of the molecule is [CH2]C(OC(=O)C=C)=C1CC2CCC1C2. The van der Waals surface area contributed by atoms with Crippen LogP contribution in [0.1, 0.15) is 25.7 Å². The fourth-order valence-electron chi connectivity index (χ4n) is 2.62. The summed E-state index contributed by atoms with van der Waals surface area (Å²) in [7, 11) is 0. The average molecular weight is 191 g/mol. The molecular formula is C12H15O2.